The Hall–Kier alpha value is -2.41. The fraction of sp³-hybridized carbons (Fsp3) is 0.0556. The fourth-order valence-corrected chi connectivity index (χ4v) is 4.04. The zero-order valence-corrected chi connectivity index (χ0v) is 15.9. The second-order valence-electron chi connectivity index (χ2n) is 5.57. The van der Waals surface area contributed by atoms with Crippen LogP contribution in [-0.4, -0.2) is 20.7 Å². The number of hydrogen-bond acceptors (Lipinski definition) is 4. The maximum absolute atomic E-state index is 12.7. The second-order valence-corrected chi connectivity index (χ2v) is 7.38. The maximum atomic E-state index is 12.7. The monoisotopic (exact) mass is 402 g/mol. The van der Waals surface area contributed by atoms with Crippen LogP contribution in [0.25, 0.3) is 15.9 Å². The molecule has 2 aromatic heterocycles. The summed E-state index contributed by atoms with van der Waals surface area (Å²) in [7, 11) is 0. The number of para-hydroxylation sites is 1. The molecule has 8 heteroatoms. The highest BCUT2D eigenvalue weighted by Gasteiger charge is 2.18. The van der Waals surface area contributed by atoms with Crippen molar-refractivity contribution in [3.05, 3.63) is 70.0 Å². The first-order valence-electron chi connectivity index (χ1n) is 7.70. The van der Waals surface area contributed by atoms with Crippen molar-refractivity contribution in [2.75, 3.05) is 5.32 Å². The van der Waals surface area contributed by atoms with E-state index in [4.69, 9.17) is 23.2 Å². The highest BCUT2D eigenvalue weighted by atomic mass is 35.5. The Morgan fingerprint density at radius 1 is 1.12 bits per heavy atom. The number of amides is 1. The molecule has 0 saturated carbocycles. The number of aromatic nitrogens is 3. The van der Waals surface area contributed by atoms with Gasteiger partial charge in [-0.05, 0) is 31.2 Å². The van der Waals surface area contributed by atoms with Crippen LogP contribution in [0, 0.1) is 6.92 Å². The number of fused-ring (bicyclic) bond motifs is 1. The van der Waals surface area contributed by atoms with Gasteiger partial charge in [-0.2, -0.15) is 5.10 Å². The molecule has 0 atom stereocenters. The standard InChI is InChI=1S/C18H12Cl2N4OS/c1-10-12(9-21-24(10)11-5-3-2-4-6-11)17(25)23-18-22-15-13(19)7-8-14(20)16(15)26-18/h2-9H,1H3,(H,22,23,25). The van der Waals surface area contributed by atoms with Gasteiger partial charge < -0.3 is 0 Å². The number of rotatable bonds is 3. The summed E-state index contributed by atoms with van der Waals surface area (Å²) in [4.78, 5) is 17.0. The van der Waals surface area contributed by atoms with E-state index in [1.54, 1.807) is 23.0 Å². The molecule has 5 nitrogen and oxygen atoms in total. The van der Waals surface area contributed by atoms with Gasteiger partial charge in [0.05, 0.1) is 37.9 Å². The molecule has 0 aliphatic rings. The first kappa shape index (κ1) is 17.0. The van der Waals surface area contributed by atoms with E-state index >= 15 is 0 Å². The summed E-state index contributed by atoms with van der Waals surface area (Å²) in [6.07, 6.45) is 1.55. The van der Waals surface area contributed by atoms with E-state index in [9.17, 15) is 4.79 Å². The van der Waals surface area contributed by atoms with Crippen molar-refractivity contribution >= 4 is 55.8 Å². The fourth-order valence-electron chi connectivity index (χ4n) is 2.62. The van der Waals surface area contributed by atoms with E-state index in [1.165, 1.54) is 11.3 Å². The zero-order chi connectivity index (χ0) is 18.3. The van der Waals surface area contributed by atoms with E-state index in [2.05, 4.69) is 15.4 Å². The van der Waals surface area contributed by atoms with Gasteiger partial charge in [-0.15, -0.1) is 0 Å². The molecule has 0 bridgehead atoms. The quantitative estimate of drug-likeness (QED) is 0.502. The minimum Gasteiger partial charge on any atom is -0.298 e. The molecule has 0 saturated heterocycles. The van der Waals surface area contributed by atoms with Gasteiger partial charge in [-0.25, -0.2) is 9.67 Å². The Bertz CT molecular complexity index is 1080. The Morgan fingerprint density at radius 2 is 1.85 bits per heavy atom. The lowest BCUT2D eigenvalue weighted by molar-refractivity contribution is 0.102. The number of nitrogens with zero attached hydrogens (tertiary/aromatic N) is 3. The van der Waals surface area contributed by atoms with Gasteiger partial charge in [-0.3, -0.25) is 10.1 Å². The number of halogens is 2. The zero-order valence-electron chi connectivity index (χ0n) is 13.5. The van der Waals surface area contributed by atoms with Crippen LogP contribution in [0.2, 0.25) is 10.0 Å². The average molecular weight is 403 g/mol. The molecule has 1 N–H and O–H groups in total. The highest BCUT2D eigenvalue weighted by Crippen LogP contribution is 2.36. The van der Waals surface area contributed by atoms with Gasteiger partial charge in [0.15, 0.2) is 5.13 Å². The molecule has 130 valence electrons. The van der Waals surface area contributed by atoms with Crippen LogP contribution in [0.4, 0.5) is 5.13 Å². The Morgan fingerprint density at radius 3 is 2.58 bits per heavy atom. The third-order valence-corrected chi connectivity index (χ3v) is 5.66. The molecule has 26 heavy (non-hydrogen) atoms. The normalized spacial score (nSPS) is 11.0. The third kappa shape index (κ3) is 2.96. The summed E-state index contributed by atoms with van der Waals surface area (Å²) in [5, 5.41) is 8.60. The van der Waals surface area contributed by atoms with Crippen molar-refractivity contribution in [3.8, 4) is 5.69 Å². The van der Waals surface area contributed by atoms with Gasteiger partial charge >= 0.3 is 0 Å². The van der Waals surface area contributed by atoms with Crippen LogP contribution in [0.5, 0.6) is 0 Å². The molecule has 0 aliphatic carbocycles. The molecule has 0 unspecified atom stereocenters. The smallest absolute Gasteiger partial charge is 0.260 e. The minimum absolute atomic E-state index is 0.281. The summed E-state index contributed by atoms with van der Waals surface area (Å²) in [6, 6.07) is 13.0. The van der Waals surface area contributed by atoms with Crippen molar-refractivity contribution in [1.82, 2.24) is 14.8 Å². The topological polar surface area (TPSA) is 59.8 Å². The lowest BCUT2D eigenvalue weighted by Crippen LogP contribution is -2.12. The highest BCUT2D eigenvalue weighted by molar-refractivity contribution is 7.23. The van der Waals surface area contributed by atoms with Gasteiger partial charge in [0, 0.05) is 0 Å². The summed E-state index contributed by atoms with van der Waals surface area (Å²) in [5.41, 5.74) is 2.69. The van der Waals surface area contributed by atoms with Crippen molar-refractivity contribution in [2.24, 2.45) is 0 Å². The number of hydrogen-bond donors (Lipinski definition) is 1. The third-order valence-electron chi connectivity index (χ3n) is 3.92. The molecular weight excluding hydrogens is 391 g/mol. The summed E-state index contributed by atoms with van der Waals surface area (Å²) >= 11 is 13.6. The molecule has 0 spiro atoms. The van der Waals surface area contributed by atoms with E-state index in [-0.39, 0.29) is 5.91 Å². The number of carbonyl (C=O) groups excluding carboxylic acids is 1. The molecule has 4 rings (SSSR count). The number of benzene rings is 2. The average Bonchev–Trinajstić information content (AvgIpc) is 3.23. The number of carbonyl (C=O) groups is 1. The molecular formula is C18H12Cl2N4OS. The first-order valence-corrected chi connectivity index (χ1v) is 9.28. The summed E-state index contributed by atoms with van der Waals surface area (Å²) < 4.78 is 2.47. The molecule has 2 heterocycles. The van der Waals surface area contributed by atoms with E-state index in [0.717, 1.165) is 16.1 Å². The largest absolute Gasteiger partial charge is 0.298 e. The number of nitrogens with one attached hydrogen (secondary N) is 1. The summed E-state index contributed by atoms with van der Waals surface area (Å²) in [6.45, 7) is 1.85. The lowest BCUT2D eigenvalue weighted by atomic mass is 10.2. The van der Waals surface area contributed by atoms with Crippen LogP contribution in [0.1, 0.15) is 16.1 Å². The molecule has 0 fully saturated rings. The van der Waals surface area contributed by atoms with Gasteiger partial charge in [-0.1, -0.05) is 52.7 Å². The van der Waals surface area contributed by atoms with E-state index in [0.29, 0.717) is 26.3 Å². The predicted octanol–water partition coefficient (Wildman–Crippen LogP) is 5.35. The molecule has 0 aliphatic heterocycles. The maximum Gasteiger partial charge on any atom is 0.260 e. The first-order chi connectivity index (χ1) is 12.5. The minimum atomic E-state index is -0.281. The van der Waals surface area contributed by atoms with Crippen molar-refractivity contribution in [1.29, 1.82) is 0 Å². The number of thiazole rings is 1. The van der Waals surface area contributed by atoms with Gasteiger partial charge in [0.2, 0.25) is 0 Å². The van der Waals surface area contributed by atoms with Crippen LogP contribution < -0.4 is 5.32 Å². The molecule has 4 aromatic rings. The van der Waals surface area contributed by atoms with Crippen LogP contribution >= 0.6 is 34.5 Å². The lowest BCUT2D eigenvalue weighted by Gasteiger charge is -2.05. The number of anilines is 1. The van der Waals surface area contributed by atoms with Crippen LogP contribution in [0.3, 0.4) is 0 Å². The Kier molecular flexibility index (Phi) is 4.40. The van der Waals surface area contributed by atoms with E-state index < -0.39 is 0 Å². The van der Waals surface area contributed by atoms with Crippen LogP contribution in [0.15, 0.2) is 48.7 Å². The molecule has 1 amide bonds. The summed E-state index contributed by atoms with van der Waals surface area (Å²) in [5.74, 6) is -0.281. The van der Waals surface area contributed by atoms with Gasteiger partial charge in [0.1, 0.15) is 5.52 Å². The SMILES string of the molecule is Cc1c(C(=O)Nc2nc3c(Cl)ccc(Cl)c3s2)cnn1-c1ccccc1. The van der Waals surface area contributed by atoms with Gasteiger partial charge in [0.25, 0.3) is 5.91 Å². The predicted molar refractivity (Wildman–Crippen MR) is 106 cm³/mol. The van der Waals surface area contributed by atoms with Crippen molar-refractivity contribution in [2.45, 2.75) is 6.92 Å². The molecule has 2 aromatic carbocycles. The molecule has 0 radical (unpaired) electrons. The van der Waals surface area contributed by atoms with Crippen molar-refractivity contribution in [3.63, 3.8) is 0 Å². The Balaban J connectivity index is 1.64. The van der Waals surface area contributed by atoms with E-state index in [1.807, 2.05) is 37.3 Å². The van der Waals surface area contributed by atoms with Crippen molar-refractivity contribution < 1.29 is 4.79 Å². The second kappa shape index (κ2) is 6.72. The Labute approximate surface area is 163 Å². The van der Waals surface area contributed by atoms with Crippen LogP contribution in [-0.2, 0) is 0 Å².